The van der Waals surface area contributed by atoms with Crippen molar-refractivity contribution in [2.24, 2.45) is 0 Å². The number of fused-ring (bicyclic) bond motifs is 1. The van der Waals surface area contributed by atoms with Crippen LogP contribution >= 0.6 is 0 Å². The van der Waals surface area contributed by atoms with Crippen molar-refractivity contribution in [2.75, 3.05) is 20.1 Å². The maximum atomic E-state index is 12.0. The SMILES string of the molecule is CCC[CH2][Sn](/[CH]=C/[B-]12OC(=O)C[N+]1(C)CC(=O)O2)([CH2]CCC)[CH2]CCC. The first kappa shape index (κ1) is 21.8. The van der Waals surface area contributed by atoms with E-state index in [9.17, 15) is 9.59 Å². The van der Waals surface area contributed by atoms with E-state index in [1.54, 1.807) is 0 Å². The maximum absolute atomic E-state index is 12.0. The second kappa shape index (κ2) is 9.13. The Morgan fingerprint density at radius 2 is 1.35 bits per heavy atom. The van der Waals surface area contributed by atoms with Gasteiger partial charge in [-0.25, -0.2) is 0 Å². The molecule has 2 saturated heterocycles. The molecule has 0 aromatic heterocycles. The third kappa shape index (κ3) is 4.67. The van der Waals surface area contributed by atoms with Crippen molar-refractivity contribution in [3.63, 3.8) is 0 Å². The monoisotopic (exact) mass is 473 g/mol. The van der Waals surface area contributed by atoms with Gasteiger partial charge in [0.05, 0.1) is 0 Å². The molecule has 2 rings (SSSR count). The Labute approximate surface area is 162 Å². The second-order valence-corrected chi connectivity index (χ2v) is 21.5. The number of likely N-dealkylation sites (N-methyl/N-ethyl adjacent to an activating group) is 1. The van der Waals surface area contributed by atoms with Gasteiger partial charge < -0.3 is 0 Å². The van der Waals surface area contributed by atoms with Crippen molar-refractivity contribution < 1.29 is 23.3 Å². The summed E-state index contributed by atoms with van der Waals surface area (Å²) in [5.41, 5.74) is 0. The molecule has 7 heteroatoms. The molecule has 2 heterocycles. The molecule has 0 radical (unpaired) electrons. The first-order valence-electron chi connectivity index (χ1n) is 10.5. The van der Waals surface area contributed by atoms with E-state index in [-0.39, 0.29) is 29.4 Å². The van der Waals surface area contributed by atoms with Gasteiger partial charge in [-0.15, -0.1) is 0 Å². The van der Waals surface area contributed by atoms with Gasteiger partial charge in [-0.2, -0.15) is 0 Å². The molecule has 0 bridgehead atoms. The van der Waals surface area contributed by atoms with Crippen molar-refractivity contribution in [3.05, 3.63) is 10.1 Å². The second-order valence-electron chi connectivity index (χ2n) is 8.54. The van der Waals surface area contributed by atoms with Gasteiger partial charge >= 0.3 is 163 Å². The zero-order valence-electron chi connectivity index (χ0n) is 17.1. The van der Waals surface area contributed by atoms with Crippen LogP contribution < -0.4 is 0 Å². The first-order chi connectivity index (χ1) is 12.3. The zero-order chi connectivity index (χ0) is 19.3. The minimum atomic E-state index is -2.51. The molecule has 0 atom stereocenters. The Hall–Kier alpha value is -0.496. The molecular weight excluding hydrogens is 436 g/mol. The zero-order valence-corrected chi connectivity index (χ0v) is 19.9. The fourth-order valence-corrected chi connectivity index (χ4v) is 18.9. The number of carbonyl (C=O) groups is 2. The molecule has 0 unspecified atom stereocenters. The van der Waals surface area contributed by atoms with E-state index in [1.807, 2.05) is 13.0 Å². The number of carbonyl (C=O) groups excluding carboxylic acids is 2. The van der Waals surface area contributed by atoms with Gasteiger partial charge in [0.15, 0.2) is 0 Å². The van der Waals surface area contributed by atoms with E-state index in [0.717, 1.165) is 0 Å². The number of unbranched alkanes of at least 4 members (excludes halogenated alkanes) is 3. The number of quaternary nitrogens is 1. The molecule has 0 spiro atoms. The van der Waals surface area contributed by atoms with Crippen LogP contribution in [-0.4, -0.2) is 61.5 Å². The summed E-state index contributed by atoms with van der Waals surface area (Å²) in [6.45, 7) is 5.24. The molecule has 0 aromatic carbocycles. The number of hydrogen-bond acceptors (Lipinski definition) is 4. The van der Waals surface area contributed by atoms with E-state index in [4.69, 9.17) is 9.31 Å². The third-order valence-corrected chi connectivity index (χ3v) is 20.3. The molecule has 0 aromatic rings. The summed E-state index contributed by atoms with van der Waals surface area (Å²) in [5, 5.41) is 0. The van der Waals surface area contributed by atoms with E-state index in [2.05, 4.69) is 24.9 Å². The van der Waals surface area contributed by atoms with Gasteiger partial charge in [-0.1, -0.05) is 0 Å². The first-order valence-corrected chi connectivity index (χ1v) is 18.2. The van der Waals surface area contributed by atoms with Gasteiger partial charge in [-0.05, 0) is 0 Å². The summed E-state index contributed by atoms with van der Waals surface area (Å²) in [4.78, 5) is 24.0. The van der Waals surface area contributed by atoms with Crippen LogP contribution in [0.3, 0.4) is 0 Å². The minimum absolute atomic E-state index is 0.234. The standard InChI is InChI=1S/C7H9BNO4.3C4H9.Sn/c1-3-8-9(2,4-6(10)12-8)5-7(11)13-8;3*1-3-4-2;/h1,3H,4-5H2,2H3;3*1,3-4H2,2H3;. The van der Waals surface area contributed by atoms with Gasteiger partial charge in [0.25, 0.3) is 0 Å². The van der Waals surface area contributed by atoms with Gasteiger partial charge in [0, 0.05) is 0 Å². The van der Waals surface area contributed by atoms with Crippen LogP contribution in [0.25, 0.3) is 0 Å². The van der Waals surface area contributed by atoms with Crippen molar-refractivity contribution in [1.29, 1.82) is 0 Å². The average Bonchev–Trinajstić information content (AvgIpc) is 2.96. The Morgan fingerprint density at radius 3 is 1.73 bits per heavy atom. The van der Waals surface area contributed by atoms with Crippen LogP contribution in [-0.2, 0) is 18.9 Å². The summed E-state index contributed by atoms with van der Waals surface area (Å²) in [6, 6.07) is 0. The van der Waals surface area contributed by atoms with E-state index < -0.39 is 25.1 Å². The quantitative estimate of drug-likeness (QED) is 0.428. The topological polar surface area (TPSA) is 52.6 Å². The van der Waals surface area contributed by atoms with Gasteiger partial charge in [0.1, 0.15) is 0 Å². The van der Waals surface area contributed by atoms with Crippen LogP contribution in [0.1, 0.15) is 59.3 Å². The molecule has 0 aliphatic carbocycles. The summed E-state index contributed by atoms with van der Waals surface area (Å²) >= 11 is -2.51. The fourth-order valence-electron chi connectivity index (χ4n) is 4.45. The van der Waals surface area contributed by atoms with Gasteiger partial charge in [-0.3, -0.25) is 0 Å². The predicted octanol–water partition coefficient (Wildman–Crippen LogP) is 3.97. The average molecular weight is 472 g/mol. The van der Waals surface area contributed by atoms with Crippen molar-refractivity contribution in [1.82, 2.24) is 0 Å². The molecule has 0 N–H and O–H groups in total. The third-order valence-electron chi connectivity index (χ3n) is 6.23. The number of rotatable bonds is 11. The summed E-state index contributed by atoms with van der Waals surface area (Å²) in [5.74, 6) is 1.55. The summed E-state index contributed by atoms with van der Waals surface area (Å²) < 4.78 is 18.1. The molecule has 2 aliphatic rings. The van der Waals surface area contributed by atoms with E-state index in [1.165, 1.54) is 51.8 Å². The molecule has 5 nitrogen and oxygen atoms in total. The van der Waals surface area contributed by atoms with E-state index in [0.29, 0.717) is 0 Å². The number of hydrogen-bond donors (Lipinski definition) is 0. The Kier molecular flexibility index (Phi) is 7.66. The molecular formula is C19H36BNO4Sn. The van der Waals surface area contributed by atoms with Crippen LogP contribution in [0.5, 0.6) is 0 Å². The van der Waals surface area contributed by atoms with E-state index >= 15 is 0 Å². The molecule has 0 amide bonds. The number of nitrogens with zero attached hydrogens (tertiary/aromatic N) is 1. The van der Waals surface area contributed by atoms with Crippen molar-refractivity contribution in [3.8, 4) is 0 Å². The van der Waals surface area contributed by atoms with Crippen molar-refractivity contribution in [2.45, 2.75) is 72.6 Å². The Bertz CT molecular complexity index is 510. The summed E-state index contributed by atoms with van der Waals surface area (Å²) in [6.07, 6.45) is 7.50. The fraction of sp³-hybridized carbons (Fsp3) is 0.789. The van der Waals surface area contributed by atoms with Gasteiger partial charge in [0.2, 0.25) is 0 Å². The van der Waals surface area contributed by atoms with Crippen LogP contribution in [0, 0.1) is 0 Å². The molecule has 26 heavy (non-hydrogen) atoms. The van der Waals surface area contributed by atoms with Crippen LogP contribution in [0.15, 0.2) is 10.1 Å². The Morgan fingerprint density at radius 1 is 0.923 bits per heavy atom. The predicted molar refractivity (Wildman–Crippen MR) is 108 cm³/mol. The Balaban J connectivity index is 2.31. The van der Waals surface area contributed by atoms with Crippen molar-refractivity contribution >= 4 is 37.0 Å². The molecule has 2 aliphatic heterocycles. The molecule has 0 saturated carbocycles. The van der Waals surface area contributed by atoms with Crippen LogP contribution in [0.4, 0.5) is 0 Å². The van der Waals surface area contributed by atoms with Crippen LogP contribution in [0.2, 0.25) is 13.3 Å². The summed E-state index contributed by atoms with van der Waals surface area (Å²) in [7, 11) is 1.92. The molecule has 148 valence electrons. The molecule has 2 fully saturated rings. The normalized spacial score (nSPS) is 28.5.